The molecule has 0 spiro atoms. The predicted octanol–water partition coefficient (Wildman–Crippen LogP) is 7.49. The minimum absolute atomic E-state index is 0.0695. The first kappa shape index (κ1) is 44.5. The van der Waals surface area contributed by atoms with Crippen molar-refractivity contribution in [1.82, 2.24) is 29.4 Å². The largest absolute Gasteiger partial charge is 0.475 e. The van der Waals surface area contributed by atoms with Gasteiger partial charge in [0.25, 0.3) is 0 Å². The lowest BCUT2D eigenvalue weighted by atomic mass is 10.2. The molecule has 0 amide bonds. The van der Waals surface area contributed by atoms with Gasteiger partial charge in [-0.15, -0.1) is 10.2 Å². The highest BCUT2D eigenvalue weighted by atomic mass is 35.5. The lowest BCUT2D eigenvalue weighted by Crippen LogP contribution is -2.25. The van der Waals surface area contributed by atoms with Gasteiger partial charge in [-0.1, -0.05) is 46.4 Å². The number of rotatable bonds is 12. The molecule has 0 saturated carbocycles. The Morgan fingerprint density at radius 2 is 0.946 bits per heavy atom. The molecule has 2 aromatic carbocycles. The maximum absolute atomic E-state index is 12.1. The molecule has 4 aromatic rings. The van der Waals surface area contributed by atoms with E-state index in [0.29, 0.717) is 56.2 Å². The van der Waals surface area contributed by atoms with Gasteiger partial charge in [-0.25, -0.2) is 19.0 Å². The van der Waals surface area contributed by atoms with E-state index in [9.17, 15) is 9.59 Å². The molecule has 302 valence electrons. The number of hydrogen-bond acceptors (Lipinski definition) is 10. The summed E-state index contributed by atoms with van der Waals surface area (Å²) in [7, 11) is 0. The number of likely N-dealkylation sites (tertiary alicyclic amines) is 2. The molecule has 0 bridgehead atoms. The summed E-state index contributed by atoms with van der Waals surface area (Å²) in [6, 6.07) is 10.5. The Hall–Kier alpha value is -4.18. The van der Waals surface area contributed by atoms with E-state index in [2.05, 4.69) is 20.0 Å². The van der Waals surface area contributed by atoms with Gasteiger partial charge in [0, 0.05) is 13.1 Å². The zero-order chi connectivity index (χ0) is 41.1. The molecule has 2 fully saturated rings. The fraction of sp³-hybridized carbons (Fsp3) is 0.421. The van der Waals surface area contributed by atoms with Crippen molar-refractivity contribution >= 4 is 69.9 Å². The Balaban J connectivity index is 0.000000217. The van der Waals surface area contributed by atoms with Gasteiger partial charge in [-0.2, -0.15) is 0 Å². The number of ketones is 2. The number of carbonyl (C=O) groups excluding carboxylic acids is 2. The molecule has 0 unspecified atom stereocenters. The van der Waals surface area contributed by atoms with Crippen molar-refractivity contribution < 1.29 is 38.9 Å². The lowest BCUT2D eigenvalue weighted by Gasteiger charge is -2.14. The van der Waals surface area contributed by atoms with Crippen molar-refractivity contribution in [2.45, 2.75) is 53.4 Å². The van der Waals surface area contributed by atoms with E-state index in [0.717, 1.165) is 62.0 Å². The van der Waals surface area contributed by atoms with Gasteiger partial charge in [-0.05, 0) is 116 Å². The lowest BCUT2D eigenvalue weighted by molar-refractivity contribution is -0.159. The minimum Gasteiger partial charge on any atom is -0.475 e. The number of nitrogens with zero attached hydrogens (tertiary/aromatic N) is 6. The second-order valence-electron chi connectivity index (χ2n) is 13.1. The standard InChI is InChI=1S/2C18H21Cl2N3O2.C2H2O4/c2*1-12-17(13(2)24)18(25-10-9-22-7-3-4-8-22)21-23(12)14-5-6-15(19)16(20)11-14;3-1(4)2(5)6/h2*5-6,11H,3-4,7-10H2,1-2H3;(H,3,4)(H,5,6). The summed E-state index contributed by atoms with van der Waals surface area (Å²) in [5.74, 6) is -3.05. The number of carboxylic acids is 2. The highest BCUT2D eigenvalue weighted by Crippen LogP contribution is 2.30. The number of Topliss-reactive ketones (excluding diaryl/α,β-unsaturated/α-hetero) is 2. The van der Waals surface area contributed by atoms with Gasteiger partial charge in [0.1, 0.15) is 24.3 Å². The summed E-state index contributed by atoms with van der Waals surface area (Å²) in [6.45, 7) is 13.9. The van der Waals surface area contributed by atoms with E-state index in [1.54, 1.807) is 33.6 Å². The molecule has 2 aliphatic heterocycles. The van der Waals surface area contributed by atoms with E-state index in [1.165, 1.54) is 39.5 Å². The molecule has 56 heavy (non-hydrogen) atoms. The average molecular weight is 855 g/mol. The van der Waals surface area contributed by atoms with Crippen molar-refractivity contribution in [2.24, 2.45) is 0 Å². The number of aliphatic carboxylic acids is 2. The number of benzene rings is 2. The van der Waals surface area contributed by atoms with E-state index in [4.69, 9.17) is 75.7 Å². The van der Waals surface area contributed by atoms with Crippen molar-refractivity contribution in [2.75, 3.05) is 52.5 Å². The summed E-state index contributed by atoms with van der Waals surface area (Å²) in [5, 5.41) is 25.6. The zero-order valence-corrected chi connectivity index (χ0v) is 34.5. The molecule has 2 saturated heterocycles. The highest BCUT2D eigenvalue weighted by Gasteiger charge is 2.23. The summed E-state index contributed by atoms with van der Waals surface area (Å²) >= 11 is 24.2. The molecule has 4 heterocycles. The van der Waals surface area contributed by atoms with Crippen LogP contribution in [0.2, 0.25) is 20.1 Å². The fourth-order valence-electron chi connectivity index (χ4n) is 6.26. The second kappa shape index (κ2) is 20.8. The van der Waals surface area contributed by atoms with Gasteiger partial charge in [0.15, 0.2) is 11.6 Å². The number of aromatic nitrogens is 4. The SMILES string of the molecule is CC(=O)c1c(OCCN2CCCC2)nn(-c2ccc(Cl)c(Cl)c2)c1C.CC(=O)c1c(OCCN2CCCC2)nn(-c2ccc(Cl)c(Cl)c2)c1C.O=C(O)C(=O)O. The highest BCUT2D eigenvalue weighted by molar-refractivity contribution is 6.42. The van der Waals surface area contributed by atoms with E-state index in [1.807, 2.05) is 26.0 Å². The number of hydrogen-bond donors (Lipinski definition) is 2. The molecule has 18 heteroatoms. The monoisotopic (exact) mass is 852 g/mol. The van der Waals surface area contributed by atoms with Crippen LogP contribution in [0.15, 0.2) is 36.4 Å². The van der Waals surface area contributed by atoms with Crippen LogP contribution < -0.4 is 9.47 Å². The van der Waals surface area contributed by atoms with Gasteiger partial charge in [0.2, 0.25) is 11.8 Å². The molecular formula is C38H44Cl4N6O8. The molecular weight excluding hydrogens is 810 g/mol. The third-order valence-electron chi connectivity index (χ3n) is 9.04. The smallest absolute Gasteiger partial charge is 0.414 e. The Labute approximate surface area is 344 Å². The van der Waals surface area contributed by atoms with Gasteiger partial charge in [-0.3, -0.25) is 19.4 Å². The first-order chi connectivity index (χ1) is 26.6. The second-order valence-corrected chi connectivity index (χ2v) is 14.7. The van der Waals surface area contributed by atoms with Crippen LogP contribution >= 0.6 is 46.4 Å². The zero-order valence-electron chi connectivity index (χ0n) is 31.5. The molecule has 14 nitrogen and oxygen atoms in total. The van der Waals surface area contributed by atoms with Crippen molar-refractivity contribution in [3.05, 3.63) is 79.0 Å². The summed E-state index contributed by atoms with van der Waals surface area (Å²) < 4.78 is 15.0. The van der Waals surface area contributed by atoms with Crippen LogP contribution in [0.5, 0.6) is 11.8 Å². The molecule has 2 N–H and O–H groups in total. The van der Waals surface area contributed by atoms with Gasteiger partial charge in [0.05, 0.1) is 42.9 Å². The summed E-state index contributed by atoms with van der Waals surface area (Å²) in [4.78, 5) is 47.1. The number of ether oxygens (including phenoxy) is 2. The minimum atomic E-state index is -1.82. The Morgan fingerprint density at radius 3 is 1.23 bits per heavy atom. The first-order valence-corrected chi connectivity index (χ1v) is 19.4. The third-order valence-corrected chi connectivity index (χ3v) is 10.5. The maximum Gasteiger partial charge on any atom is 0.414 e. The van der Waals surface area contributed by atoms with Crippen LogP contribution in [0, 0.1) is 13.8 Å². The fourth-order valence-corrected chi connectivity index (χ4v) is 6.84. The molecule has 6 rings (SSSR count). The van der Waals surface area contributed by atoms with E-state index < -0.39 is 11.9 Å². The first-order valence-electron chi connectivity index (χ1n) is 17.9. The Kier molecular flexibility index (Phi) is 16.6. The van der Waals surface area contributed by atoms with Crippen LogP contribution in [0.4, 0.5) is 0 Å². The number of halogens is 4. The van der Waals surface area contributed by atoms with Crippen LogP contribution in [-0.4, -0.2) is 116 Å². The van der Waals surface area contributed by atoms with Crippen LogP contribution in [0.1, 0.15) is 71.6 Å². The van der Waals surface area contributed by atoms with Crippen molar-refractivity contribution in [3.8, 4) is 23.1 Å². The molecule has 0 aliphatic carbocycles. The molecule has 2 aliphatic rings. The van der Waals surface area contributed by atoms with E-state index >= 15 is 0 Å². The van der Waals surface area contributed by atoms with Gasteiger partial charge >= 0.3 is 11.9 Å². The number of carbonyl (C=O) groups is 4. The molecule has 2 aromatic heterocycles. The average Bonchev–Trinajstić information content (AvgIpc) is 3.96. The van der Waals surface area contributed by atoms with Crippen molar-refractivity contribution in [1.29, 1.82) is 0 Å². The van der Waals surface area contributed by atoms with Crippen LogP contribution in [0.25, 0.3) is 11.4 Å². The maximum atomic E-state index is 12.1. The Bertz CT molecular complexity index is 1900. The van der Waals surface area contributed by atoms with E-state index in [-0.39, 0.29) is 11.6 Å². The third kappa shape index (κ3) is 11.9. The van der Waals surface area contributed by atoms with Gasteiger partial charge < -0.3 is 19.7 Å². The van der Waals surface area contributed by atoms with Crippen LogP contribution in [0.3, 0.4) is 0 Å². The molecule has 0 atom stereocenters. The Morgan fingerprint density at radius 1 is 0.607 bits per heavy atom. The summed E-state index contributed by atoms with van der Waals surface area (Å²) in [6.07, 6.45) is 4.96. The van der Waals surface area contributed by atoms with Crippen LogP contribution in [-0.2, 0) is 9.59 Å². The number of carboxylic acid groups (broad SMARTS) is 2. The summed E-state index contributed by atoms with van der Waals surface area (Å²) in [5.41, 5.74) is 3.94. The molecule has 0 radical (unpaired) electrons. The topological polar surface area (TPSA) is 169 Å². The predicted molar refractivity (Wildman–Crippen MR) is 214 cm³/mol. The quantitative estimate of drug-likeness (QED) is 0.107. The van der Waals surface area contributed by atoms with Crippen molar-refractivity contribution in [3.63, 3.8) is 0 Å². The normalized spacial score (nSPS) is 14.1.